The van der Waals surface area contributed by atoms with Crippen LogP contribution in [-0.4, -0.2) is 25.5 Å². The summed E-state index contributed by atoms with van der Waals surface area (Å²) in [5.41, 5.74) is 2.78. The molecule has 0 bridgehead atoms. The summed E-state index contributed by atoms with van der Waals surface area (Å²) in [6, 6.07) is 13.4. The molecule has 8 nitrogen and oxygen atoms in total. The van der Waals surface area contributed by atoms with Crippen molar-refractivity contribution in [1.82, 2.24) is 14.8 Å². The Hall–Kier alpha value is -3.17. The fraction of sp³-hybridized carbons (Fsp3) is 0.292. The van der Waals surface area contributed by atoms with E-state index in [2.05, 4.69) is 24.1 Å². The molecule has 2 aromatic carbocycles. The SMILES string of the molecule is CC1(C)CC(=O)C2=C(C1)Nc1nc(SCc3ccccc3Cl)nn1C2c1cccc([N+](=O)[O-])c1. The number of nitro groups is 1. The topological polar surface area (TPSA) is 103 Å². The summed E-state index contributed by atoms with van der Waals surface area (Å²) in [5, 5.41) is 20.7. The van der Waals surface area contributed by atoms with Gasteiger partial charge in [0.1, 0.15) is 6.04 Å². The van der Waals surface area contributed by atoms with Gasteiger partial charge in [-0.25, -0.2) is 4.68 Å². The highest BCUT2D eigenvalue weighted by Crippen LogP contribution is 2.46. The van der Waals surface area contributed by atoms with E-state index in [0.717, 1.165) is 11.3 Å². The molecule has 0 fully saturated rings. The second-order valence-corrected chi connectivity index (χ2v) is 10.6. The Morgan fingerprint density at radius 1 is 1.24 bits per heavy atom. The monoisotopic (exact) mass is 495 g/mol. The Morgan fingerprint density at radius 3 is 2.79 bits per heavy atom. The number of Topliss-reactive ketones (excluding diaryl/α,β-unsaturated/α-hetero) is 1. The molecule has 1 aliphatic heterocycles. The summed E-state index contributed by atoms with van der Waals surface area (Å²) in [7, 11) is 0. The van der Waals surface area contributed by atoms with E-state index in [4.69, 9.17) is 16.7 Å². The summed E-state index contributed by atoms with van der Waals surface area (Å²) in [5.74, 6) is 1.12. The van der Waals surface area contributed by atoms with Crippen molar-refractivity contribution in [2.75, 3.05) is 5.32 Å². The predicted molar refractivity (Wildman–Crippen MR) is 131 cm³/mol. The highest BCUT2D eigenvalue weighted by molar-refractivity contribution is 7.98. The van der Waals surface area contributed by atoms with Gasteiger partial charge in [0.25, 0.3) is 5.69 Å². The number of benzene rings is 2. The molecule has 1 atom stereocenters. The van der Waals surface area contributed by atoms with Gasteiger partial charge in [-0.3, -0.25) is 14.9 Å². The number of carbonyl (C=O) groups is 1. The number of fused-ring (bicyclic) bond motifs is 1. The number of non-ortho nitro benzene ring substituents is 1. The van der Waals surface area contributed by atoms with Crippen LogP contribution in [0.4, 0.5) is 11.6 Å². The third-order valence-corrected chi connectivity index (χ3v) is 7.28. The van der Waals surface area contributed by atoms with Crippen LogP contribution in [0.2, 0.25) is 5.02 Å². The van der Waals surface area contributed by atoms with Gasteiger partial charge >= 0.3 is 0 Å². The maximum Gasteiger partial charge on any atom is 0.269 e. The molecule has 1 unspecified atom stereocenters. The molecule has 2 heterocycles. The molecular formula is C24H22ClN5O3S. The highest BCUT2D eigenvalue weighted by Gasteiger charge is 2.42. The Morgan fingerprint density at radius 2 is 2.03 bits per heavy atom. The molecule has 0 saturated heterocycles. The summed E-state index contributed by atoms with van der Waals surface area (Å²) in [6.45, 7) is 4.12. The van der Waals surface area contributed by atoms with Gasteiger partial charge in [-0.05, 0) is 29.0 Å². The lowest BCUT2D eigenvalue weighted by Crippen LogP contribution is -2.36. The second-order valence-electron chi connectivity index (χ2n) is 9.26. The zero-order valence-electron chi connectivity index (χ0n) is 18.6. The lowest BCUT2D eigenvalue weighted by molar-refractivity contribution is -0.384. The van der Waals surface area contributed by atoms with Gasteiger partial charge in [-0.1, -0.05) is 67.5 Å². The largest absolute Gasteiger partial charge is 0.328 e. The van der Waals surface area contributed by atoms with Crippen molar-refractivity contribution in [3.05, 3.63) is 86.1 Å². The Labute approximate surface area is 205 Å². The molecule has 5 rings (SSSR count). The fourth-order valence-electron chi connectivity index (χ4n) is 4.52. The van der Waals surface area contributed by atoms with E-state index in [0.29, 0.717) is 45.9 Å². The standard InChI is InChI=1S/C24H22ClN5O3S/c1-24(2)11-18-20(19(31)12-24)21(14-7-5-8-16(10-14)30(32)33)29-22(26-18)27-23(28-29)34-13-15-6-3-4-9-17(15)25/h3-10,21H,11-13H2,1-2H3,(H,26,27,28). The van der Waals surface area contributed by atoms with Gasteiger partial charge in [-0.2, -0.15) is 4.98 Å². The van der Waals surface area contributed by atoms with Gasteiger partial charge in [0.05, 0.1) is 4.92 Å². The summed E-state index contributed by atoms with van der Waals surface area (Å²) >= 11 is 7.73. The molecular weight excluding hydrogens is 474 g/mol. The van der Waals surface area contributed by atoms with Gasteiger partial charge in [0.2, 0.25) is 11.1 Å². The number of anilines is 1. The molecule has 0 saturated carbocycles. The van der Waals surface area contributed by atoms with Crippen molar-refractivity contribution in [2.24, 2.45) is 5.41 Å². The molecule has 0 amide bonds. The maximum atomic E-state index is 13.3. The number of ketones is 1. The molecule has 1 N–H and O–H groups in total. The summed E-state index contributed by atoms with van der Waals surface area (Å²) in [4.78, 5) is 29.0. The van der Waals surface area contributed by atoms with E-state index in [1.54, 1.807) is 16.8 Å². The lowest BCUT2D eigenvalue weighted by atomic mass is 9.73. The quantitative estimate of drug-likeness (QED) is 0.271. The number of carbonyl (C=O) groups excluding carboxylic acids is 1. The van der Waals surface area contributed by atoms with Gasteiger partial charge in [0.15, 0.2) is 5.78 Å². The van der Waals surface area contributed by atoms with Crippen molar-refractivity contribution in [2.45, 2.75) is 43.6 Å². The first kappa shape index (κ1) is 22.6. The number of hydrogen-bond donors (Lipinski definition) is 1. The van der Waals surface area contributed by atoms with E-state index in [1.807, 2.05) is 24.3 Å². The zero-order chi connectivity index (χ0) is 24.0. The van der Waals surface area contributed by atoms with E-state index >= 15 is 0 Å². The van der Waals surface area contributed by atoms with Crippen molar-refractivity contribution >= 4 is 40.8 Å². The lowest BCUT2D eigenvalue weighted by Gasteiger charge is -2.38. The highest BCUT2D eigenvalue weighted by atomic mass is 35.5. The molecule has 10 heteroatoms. The molecule has 0 spiro atoms. The van der Waals surface area contributed by atoms with E-state index < -0.39 is 11.0 Å². The van der Waals surface area contributed by atoms with Crippen LogP contribution in [-0.2, 0) is 10.5 Å². The second kappa shape index (κ2) is 8.56. The first-order valence-electron chi connectivity index (χ1n) is 10.8. The number of allylic oxidation sites excluding steroid dienone is 2. The third-order valence-electron chi connectivity index (χ3n) is 6.02. The minimum Gasteiger partial charge on any atom is -0.328 e. The summed E-state index contributed by atoms with van der Waals surface area (Å²) < 4.78 is 1.67. The van der Waals surface area contributed by atoms with Gasteiger partial charge in [-0.15, -0.1) is 5.10 Å². The number of halogens is 1. The third kappa shape index (κ3) is 4.21. The van der Waals surface area contributed by atoms with Crippen molar-refractivity contribution in [1.29, 1.82) is 0 Å². The Bertz CT molecular complexity index is 1350. The Kier molecular flexibility index (Phi) is 5.69. The number of nitrogens with one attached hydrogen (secondary N) is 1. The van der Waals surface area contributed by atoms with Crippen LogP contribution in [0.3, 0.4) is 0 Å². The van der Waals surface area contributed by atoms with Crippen molar-refractivity contribution in [3.63, 3.8) is 0 Å². The van der Waals surface area contributed by atoms with Crippen molar-refractivity contribution in [3.8, 4) is 0 Å². The molecule has 1 aromatic heterocycles. The Balaban J connectivity index is 1.56. The summed E-state index contributed by atoms with van der Waals surface area (Å²) in [6.07, 6.45) is 1.07. The first-order chi connectivity index (χ1) is 16.2. The molecule has 0 radical (unpaired) electrons. The van der Waals surface area contributed by atoms with Crippen LogP contribution < -0.4 is 5.32 Å². The number of nitrogens with zero attached hydrogens (tertiary/aromatic N) is 4. The van der Waals surface area contributed by atoms with Crippen LogP contribution >= 0.6 is 23.4 Å². The average Bonchev–Trinajstić information content (AvgIpc) is 3.18. The molecule has 34 heavy (non-hydrogen) atoms. The molecule has 174 valence electrons. The van der Waals surface area contributed by atoms with Crippen LogP contribution in [0.5, 0.6) is 0 Å². The van der Waals surface area contributed by atoms with Crippen LogP contribution in [0.1, 0.15) is 43.9 Å². The van der Waals surface area contributed by atoms with E-state index in [1.165, 1.54) is 23.9 Å². The number of hydrogen-bond acceptors (Lipinski definition) is 7. The normalized spacial score (nSPS) is 18.8. The number of aromatic nitrogens is 3. The predicted octanol–water partition coefficient (Wildman–Crippen LogP) is 5.79. The van der Waals surface area contributed by atoms with E-state index in [-0.39, 0.29) is 16.9 Å². The maximum absolute atomic E-state index is 13.3. The smallest absolute Gasteiger partial charge is 0.269 e. The zero-order valence-corrected chi connectivity index (χ0v) is 20.2. The number of rotatable bonds is 5. The van der Waals surface area contributed by atoms with Gasteiger partial charge in [0, 0.05) is 40.6 Å². The number of thioether (sulfide) groups is 1. The van der Waals surface area contributed by atoms with Gasteiger partial charge < -0.3 is 5.32 Å². The van der Waals surface area contributed by atoms with Crippen LogP contribution in [0.15, 0.2) is 65.0 Å². The first-order valence-corrected chi connectivity index (χ1v) is 12.2. The fourth-order valence-corrected chi connectivity index (χ4v) is 5.64. The minimum atomic E-state index is -0.586. The number of nitro benzene ring substituents is 1. The van der Waals surface area contributed by atoms with E-state index in [9.17, 15) is 14.9 Å². The molecule has 1 aliphatic carbocycles. The average molecular weight is 496 g/mol. The molecule has 2 aliphatic rings. The van der Waals surface area contributed by atoms with Crippen LogP contribution in [0.25, 0.3) is 0 Å². The van der Waals surface area contributed by atoms with Crippen LogP contribution in [0, 0.1) is 15.5 Å². The minimum absolute atomic E-state index is 0.0154. The van der Waals surface area contributed by atoms with Crippen molar-refractivity contribution < 1.29 is 9.72 Å². The molecule has 3 aromatic rings.